The van der Waals surface area contributed by atoms with Crippen LogP contribution in [-0.2, 0) is 17.6 Å². The average Bonchev–Trinajstić information content (AvgIpc) is 2.97. The molecule has 2 heterocycles. The van der Waals surface area contributed by atoms with E-state index in [0.29, 0.717) is 17.1 Å². The quantitative estimate of drug-likeness (QED) is 0.644. The zero-order chi connectivity index (χ0) is 18.5. The molecule has 0 unspecified atom stereocenters. The van der Waals surface area contributed by atoms with Gasteiger partial charge in [0.15, 0.2) is 5.65 Å². The summed E-state index contributed by atoms with van der Waals surface area (Å²) in [6.45, 7) is 2.48. The van der Waals surface area contributed by atoms with E-state index >= 15 is 0 Å². The molecule has 0 radical (unpaired) electrons. The molecule has 2 aromatic heterocycles. The summed E-state index contributed by atoms with van der Waals surface area (Å²) in [5.74, 6) is -0.484. The van der Waals surface area contributed by atoms with E-state index in [-0.39, 0.29) is 24.6 Å². The van der Waals surface area contributed by atoms with Gasteiger partial charge in [0.05, 0.1) is 5.69 Å². The van der Waals surface area contributed by atoms with Crippen LogP contribution in [0.5, 0.6) is 0 Å². The van der Waals surface area contributed by atoms with Gasteiger partial charge >= 0.3 is 0 Å². The molecule has 0 atom stereocenters. The molecule has 3 rings (SSSR count). The van der Waals surface area contributed by atoms with E-state index in [1.54, 1.807) is 16.6 Å². The van der Waals surface area contributed by atoms with Crippen molar-refractivity contribution >= 4 is 23.2 Å². The molecule has 7 heteroatoms. The van der Waals surface area contributed by atoms with Crippen molar-refractivity contribution in [1.29, 1.82) is 0 Å². The molecule has 1 amide bonds. The monoisotopic (exact) mass is 374 g/mol. The Labute approximate surface area is 156 Å². The van der Waals surface area contributed by atoms with Crippen molar-refractivity contribution in [2.75, 3.05) is 6.54 Å². The van der Waals surface area contributed by atoms with Crippen molar-refractivity contribution in [2.45, 2.75) is 32.6 Å². The number of nitrogens with one attached hydrogen (secondary N) is 1. The fourth-order valence-corrected chi connectivity index (χ4v) is 3.04. The highest BCUT2D eigenvalue weighted by molar-refractivity contribution is 6.31. The highest BCUT2D eigenvalue weighted by atomic mass is 35.5. The van der Waals surface area contributed by atoms with E-state index in [1.165, 1.54) is 6.07 Å². The van der Waals surface area contributed by atoms with Crippen LogP contribution in [0.4, 0.5) is 4.39 Å². The van der Waals surface area contributed by atoms with Crippen LogP contribution in [-0.4, -0.2) is 27.0 Å². The number of fused-ring (bicyclic) bond motifs is 1. The number of rotatable bonds is 7. The van der Waals surface area contributed by atoms with Crippen LogP contribution in [0.25, 0.3) is 5.65 Å². The normalized spacial score (nSPS) is 11.0. The zero-order valence-electron chi connectivity index (χ0n) is 14.5. The molecule has 0 aliphatic carbocycles. The van der Waals surface area contributed by atoms with Gasteiger partial charge in [0.1, 0.15) is 5.82 Å². The maximum absolute atomic E-state index is 13.7. The number of carbonyl (C=O) groups excluding carboxylic acids is 1. The van der Waals surface area contributed by atoms with Gasteiger partial charge in [-0.15, -0.1) is 0 Å². The number of carbonyl (C=O) groups is 1. The number of aromatic nitrogens is 3. The minimum atomic E-state index is -0.373. The first-order valence-electron chi connectivity index (χ1n) is 8.53. The summed E-state index contributed by atoms with van der Waals surface area (Å²) in [5, 5.41) is 7.55. The van der Waals surface area contributed by atoms with Crippen LogP contribution < -0.4 is 5.32 Å². The van der Waals surface area contributed by atoms with Crippen molar-refractivity contribution in [3.8, 4) is 0 Å². The lowest BCUT2D eigenvalue weighted by Crippen LogP contribution is -2.25. The van der Waals surface area contributed by atoms with Crippen LogP contribution in [0, 0.1) is 12.7 Å². The first kappa shape index (κ1) is 18.3. The number of benzene rings is 1. The molecule has 26 heavy (non-hydrogen) atoms. The van der Waals surface area contributed by atoms with Gasteiger partial charge in [-0.3, -0.25) is 4.79 Å². The summed E-state index contributed by atoms with van der Waals surface area (Å²) in [7, 11) is 0. The fourth-order valence-electron chi connectivity index (χ4n) is 2.78. The topological polar surface area (TPSA) is 59.3 Å². The van der Waals surface area contributed by atoms with E-state index in [2.05, 4.69) is 15.4 Å². The molecule has 0 aliphatic rings. The van der Waals surface area contributed by atoms with Crippen LogP contribution in [0.15, 0.2) is 36.7 Å². The lowest BCUT2D eigenvalue weighted by Gasteiger charge is -2.07. The Morgan fingerprint density at radius 2 is 2.19 bits per heavy atom. The number of hydrogen-bond acceptors (Lipinski definition) is 3. The Balaban J connectivity index is 1.42. The van der Waals surface area contributed by atoms with Gasteiger partial charge in [0.25, 0.3) is 0 Å². The van der Waals surface area contributed by atoms with Gasteiger partial charge in [-0.25, -0.2) is 13.9 Å². The largest absolute Gasteiger partial charge is 0.356 e. The molecule has 5 nitrogen and oxygen atoms in total. The lowest BCUT2D eigenvalue weighted by atomic mass is 10.1. The van der Waals surface area contributed by atoms with E-state index in [0.717, 1.165) is 29.7 Å². The zero-order valence-corrected chi connectivity index (χ0v) is 15.3. The Morgan fingerprint density at radius 3 is 3.00 bits per heavy atom. The molecule has 0 saturated carbocycles. The highest BCUT2D eigenvalue weighted by Gasteiger charge is 2.09. The number of halogens is 2. The molecule has 0 fully saturated rings. The summed E-state index contributed by atoms with van der Waals surface area (Å²) in [4.78, 5) is 16.3. The Hall–Kier alpha value is -2.47. The van der Waals surface area contributed by atoms with Crippen molar-refractivity contribution in [2.24, 2.45) is 0 Å². The SMILES string of the molecule is Cc1cc2ncc(CCCNC(=O)CCc3c(F)cccc3Cl)cn2n1. The maximum atomic E-state index is 13.7. The van der Waals surface area contributed by atoms with Gasteiger partial charge in [-0.05, 0) is 43.9 Å². The van der Waals surface area contributed by atoms with Crippen molar-refractivity contribution < 1.29 is 9.18 Å². The van der Waals surface area contributed by atoms with Gasteiger partial charge in [-0.2, -0.15) is 5.10 Å². The van der Waals surface area contributed by atoms with Crippen molar-refractivity contribution in [3.63, 3.8) is 0 Å². The lowest BCUT2D eigenvalue weighted by molar-refractivity contribution is -0.121. The van der Waals surface area contributed by atoms with Crippen LogP contribution in [0.3, 0.4) is 0 Å². The van der Waals surface area contributed by atoms with Crippen molar-refractivity contribution in [3.05, 3.63) is 64.3 Å². The third-order valence-electron chi connectivity index (χ3n) is 4.12. The molecule has 1 aromatic carbocycles. The second-order valence-electron chi connectivity index (χ2n) is 6.20. The smallest absolute Gasteiger partial charge is 0.220 e. The predicted molar refractivity (Wildman–Crippen MR) is 98.8 cm³/mol. The number of amides is 1. The van der Waals surface area contributed by atoms with Gasteiger partial charge in [0, 0.05) is 42.0 Å². The van der Waals surface area contributed by atoms with E-state index in [1.807, 2.05) is 25.4 Å². The third-order valence-corrected chi connectivity index (χ3v) is 4.47. The van der Waals surface area contributed by atoms with Crippen LogP contribution in [0.2, 0.25) is 5.02 Å². The second-order valence-corrected chi connectivity index (χ2v) is 6.61. The van der Waals surface area contributed by atoms with Gasteiger partial charge in [0.2, 0.25) is 5.91 Å². The first-order valence-corrected chi connectivity index (χ1v) is 8.91. The molecule has 136 valence electrons. The molecule has 1 N–H and O–H groups in total. The first-order chi connectivity index (χ1) is 12.5. The molecule has 0 saturated heterocycles. The molecule has 3 aromatic rings. The van der Waals surface area contributed by atoms with Crippen LogP contribution >= 0.6 is 11.6 Å². The summed E-state index contributed by atoms with van der Waals surface area (Å²) < 4.78 is 15.4. The maximum Gasteiger partial charge on any atom is 0.220 e. The Bertz CT molecular complexity index is 905. The fraction of sp³-hybridized carbons (Fsp3) is 0.316. The van der Waals surface area contributed by atoms with Gasteiger partial charge in [-0.1, -0.05) is 17.7 Å². The number of aryl methyl sites for hydroxylation is 2. The number of nitrogens with zero attached hydrogens (tertiary/aromatic N) is 3. The predicted octanol–water partition coefficient (Wildman–Crippen LogP) is 3.51. The third kappa shape index (κ3) is 4.58. The molecule has 0 spiro atoms. The highest BCUT2D eigenvalue weighted by Crippen LogP contribution is 2.20. The molecular weight excluding hydrogens is 355 g/mol. The van der Waals surface area contributed by atoms with Crippen molar-refractivity contribution in [1.82, 2.24) is 19.9 Å². The van der Waals surface area contributed by atoms with E-state index in [4.69, 9.17) is 11.6 Å². The van der Waals surface area contributed by atoms with E-state index < -0.39 is 0 Å². The second kappa shape index (κ2) is 8.27. The summed E-state index contributed by atoms with van der Waals surface area (Å²) in [5.41, 5.74) is 3.20. The minimum Gasteiger partial charge on any atom is -0.356 e. The Morgan fingerprint density at radius 1 is 1.35 bits per heavy atom. The molecule has 0 aliphatic heterocycles. The standard InChI is InChI=1S/C19H20ClFN4O/c1-13-10-18-23-11-14(12-25(18)24-13)4-3-9-22-19(26)8-7-15-16(20)5-2-6-17(15)21/h2,5-6,10-12H,3-4,7-9H2,1H3,(H,22,26). The minimum absolute atomic E-state index is 0.111. The van der Waals surface area contributed by atoms with E-state index in [9.17, 15) is 9.18 Å². The summed E-state index contributed by atoms with van der Waals surface area (Å²) >= 11 is 5.97. The summed E-state index contributed by atoms with van der Waals surface area (Å²) in [6, 6.07) is 6.46. The number of hydrogen-bond donors (Lipinski definition) is 1. The molecular formula is C19H20ClFN4O. The average molecular weight is 375 g/mol. The van der Waals surface area contributed by atoms with Gasteiger partial charge < -0.3 is 5.32 Å². The van der Waals surface area contributed by atoms with Crippen LogP contribution in [0.1, 0.15) is 29.7 Å². The Kier molecular flexibility index (Phi) is 5.83. The summed E-state index contributed by atoms with van der Waals surface area (Å²) in [6.07, 6.45) is 5.87. The molecule has 0 bridgehead atoms.